The highest BCUT2D eigenvalue weighted by atomic mass is 16.6. The van der Waals surface area contributed by atoms with Gasteiger partial charge >= 0.3 is 17.9 Å². The van der Waals surface area contributed by atoms with E-state index in [4.69, 9.17) is 14.2 Å². The molecule has 0 radical (unpaired) electrons. The molecule has 0 fully saturated rings. The molecule has 6 heteroatoms. The molecule has 0 spiro atoms. The first-order valence-electron chi connectivity index (χ1n) is 34.3. The Balaban J connectivity index is 4.00. The van der Waals surface area contributed by atoms with Crippen LogP contribution in [0.3, 0.4) is 0 Å². The third kappa shape index (κ3) is 63.9. The van der Waals surface area contributed by atoms with Crippen LogP contribution in [0, 0.1) is 0 Å². The molecule has 0 bridgehead atoms. The van der Waals surface area contributed by atoms with Crippen LogP contribution >= 0.6 is 0 Å². The summed E-state index contributed by atoms with van der Waals surface area (Å²) in [7, 11) is 0. The van der Waals surface area contributed by atoms with Gasteiger partial charge in [0.1, 0.15) is 13.2 Å². The molecule has 454 valence electrons. The maximum absolute atomic E-state index is 12.9. The van der Waals surface area contributed by atoms with E-state index in [0.717, 1.165) is 96.3 Å². The van der Waals surface area contributed by atoms with Gasteiger partial charge in [-0.25, -0.2) is 0 Å². The molecule has 0 saturated carbocycles. The predicted molar refractivity (Wildman–Crippen MR) is 339 cm³/mol. The lowest BCUT2D eigenvalue weighted by Gasteiger charge is -2.18. The van der Waals surface area contributed by atoms with E-state index < -0.39 is 6.10 Å². The Morgan fingerprint density at radius 2 is 0.500 bits per heavy atom. The molecule has 1 atom stereocenters. The zero-order valence-electron chi connectivity index (χ0n) is 52.2. The molecule has 0 saturated heterocycles. The number of carbonyl (C=O) groups is 3. The Labute approximate surface area is 485 Å². The molecule has 0 aromatic rings. The highest BCUT2D eigenvalue weighted by Gasteiger charge is 2.19. The van der Waals surface area contributed by atoms with Gasteiger partial charge in [-0.1, -0.05) is 338 Å². The minimum Gasteiger partial charge on any atom is -0.462 e. The number of hydrogen-bond acceptors (Lipinski definition) is 6. The Morgan fingerprint density at radius 1 is 0.269 bits per heavy atom. The summed E-state index contributed by atoms with van der Waals surface area (Å²) in [6.07, 6.45) is 85.8. The summed E-state index contributed by atoms with van der Waals surface area (Å²) in [6, 6.07) is 0. The van der Waals surface area contributed by atoms with Gasteiger partial charge in [0.05, 0.1) is 0 Å². The van der Waals surface area contributed by atoms with Crippen molar-refractivity contribution in [3.05, 3.63) is 60.8 Å². The number of ether oxygens (including phenoxy) is 3. The monoisotopic (exact) mass is 1090 g/mol. The zero-order chi connectivity index (χ0) is 56.4. The second-order valence-electron chi connectivity index (χ2n) is 23.1. The SMILES string of the molecule is CC/C=C\C/C=C\C/C=C\C/C=C\C/C=C\CCCCCCCCCC(=O)OC(COC(=O)CCCCCCCC)COC(=O)CCCCCCCCCCCCCCCCCCCCCCCCCCCCCCCCC. The first-order valence-corrected chi connectivity index (χ1v) is 34.3. The van der Waals surface area contributed by atoms with E-state index in [1.807, 2.05) is 0 Å². The topological polar surface area (TPSA) is 78.9 Å². The van der Waals surface area contributed by atoms with Gasteiger partial charge in [-0.15, -0.1) is 0 Å². The van der Waals surface area contributed by atoms with Crippen LogP contribution in [-0.2, 0) is 28.6 Å². The van der Waals surface area contributed by atoms with Crippen molar-refractivity contribution in [1.82, 2.24) is 0 Å². The van der Waals surface area contributed by atoms with Crippen molar-refractivity contribution >= 4 is 17.9 Å². The Bertz CT molecular complexity index is 1390. The number of esters is 3. The van der Waals surface area contributed by atoms with Crippen LogP contribution in [0.15, 0.2) is 60.8 Å². The largest absolute Gasteiger partial charge is 0.462 e. The maximum Gasteiger partial charge on any atom is 0.306 e. The molecular weight excluding hydrogens is 961 g/mol. The highest BCUT2D eigenvalue weighted by Crippen LogP contribution is 2.18. The van der Waals surface area contributed by atoms with E-state index in [9.17, 15) is 14.4 Å². The minimum atomic E-state index is -0.777. The Hall–Kier alpha value is -2.89. The molecule has 0 aliphatic heterocycles. The fourth-order valence-corrected chi connectivity index (χ4v) is 10.2. The lowest BCUT2D eigenvalue weighted by molar-refractivity contribution is -0.167. The van der Waals surface area contributed by atoms with Crippen LogP contribution in [0.1, 0.15) is 361 Å². The molecule has 6 nitrogen and oxygen atoms in total. The number of rotatable bonds is 63. The molecule has 0 amide bonds. The fraction of sp³-hybridized carbons (Fsp3) is 0.819. The predicted octanol–water partition coefficient (Wildman–Crippen LogP) is 23.5. The lowest BCUT2D eigenvalue weighted by atomic mass is 10.0. The second-order valence-corrected chi connectivity index (χ2v) is 23.1. The quantitative estimate of drug-likeness (QED) is 0.0261. The minimum absolute atomic E-state index is 0.0753. The van der Waals surface area contributed by atoms with Crippen LogP contribution in [0.25, 0.3) is 0 Å². The van der Waals surface area contributed by atoms with Gasteiger partial charge in [0.25, 0.3) is 0 Å². The zero-order valence-corrected chi connectivity index (χ0v) is 52.2. The van der Waals surface area contributed by atoms with Crippen LogP contribution in [0.5, 0.6) is 0 Å². The van der Waals surface area contributed by atoms with E-state index >= 15 is 0 Å². The Kier molecular flexibility index (Phi) is 64.2. The third-order valence-electron chi connectivity index (χ3n) is 15.3. The standard InChI is InChI=1S/C72H130O6/c1-4-7-10-13-16-18-20-22-24-26-28-30-32-33-34-35-36-37-38-39-41-42-44-46-48-50-52-54-56-59-62-65-71(74)77-68-69(67-76-70(73)64-61-58-15-12-9-6-3)78-72(75)66-63-60-57-55-53-51-49-47-45-43-40-31-29-27-25-23-21-19-17-14-11-8-5-2/h8,11,17,19,23,25,29,31,43,45,69H,4-7,9-10,12-16,18,20-22,24,26-28,30,32-42,44,46-68H2,1-3H3/b11-8-,19-17-,25-23-,31-29-,45-43-. The lowest BCUT2D eigenvalue weighted by Crippen LogP contribution is -2.30. The van der Waals surface area contributed by atoms with Crippen molar-refractivity contribution in [2.75, 3.05) is 13.2 Å². The molecule has 0 rings (SSSR count). The summed E-state index contributed by atoms with van der Waals surface area (Å²) in [6.45, 7) is 6.51. The van der Waals surface area contributed by atoms with E-state index in [0.29, 0.717) is 19.3 Å². The average Bonchev–Trinajstić information content (AvgIpc) is 3.44. The van der Waals surface area contributed by atoms with Gasteiger partial charge < -0.3 is 14.2 Å². The van der Waals surface area contributed by atoms with Crippen LogP contribution in [-0.4, -0.2) is 37.2 Å². The molecule has 0 aliphatic carbocycles. The van der Waals surface area contributed by atoms with Crippen molar-refractivity contribution in [2.45, 2.75) is 367 Å². The molecule has 0 heterocycles. The maximum atomic E-state index is 12.9. The van der Waals surface area contributed by atoms with Gasteiger partial charge in [-0.05, 0) is 64.2 Å². The normalized spacial score (nSPS) is 12.4. The van der Waals surface area contributed by atoms with Gasteiger partial charge in [-0.3, -0.25) is 14.4 Å². The second kappa shape index (κ2) is 66.6. The van der Waals surface area contributed by atoms with Gasteiger partial charge in [0.15, 0.2) is 6.10 Å². The number of allylic oxidation sites excluding steroid dienone is 10. The summed E-state index contributed by atoms with van der Waals surface area (Å²) in [4.78, 5) is 38.1. The van der Waals surface area contributed by atoms with Gasteiger partial charge in [0.2, 0.25) is 0 Å². The first kappa shape index (κ1) is 75.1. The van der Waals surface area contributed by atoms with E-state index in [1.165, 1.54) is 225 Å². The summed E-state index contributed by atoms with van der Waals surface area (Å²) in [5.41, 5.74) is 0. The molecule has 0 aromatic carbocycles. The molecule has 0 aliphatic rings. The van der Waals surface area contributed by atoms with Crippen LogP contribution < -0.4 is 0 Å². The van der Waals surface area contributed by atoms with Crippen molar-refractivity contribution in [1.29, 1.82) is 0 Å². The fourth-order valence-electron chi connectivity index (χ4n) is 10.2. The summed E-state index contributed by atoms with van der Waals surface area (Å²) in [5.74, 6) is -0.879. The van der Waals surface area contributed by atoms with Crippen molar-refractivity contribution in [3.63, 3.8) is 0 Å². The van der Waals surface area contributed by atoms with Gasteiger partial charge in [0, 0.05) is 19.3 Å². The average molecular weight is 1090 g/mol. The molecule has 0 N–H and O–H groups in total. The number of hydrogen-bond donors (Lipinski definition) is 0. The van der Waals surface area contributed by atoms with Crippen molar-refractivity contribution < 1.29 is 28.6 Å². The van der Waals surface area contributed by atoms with Crippen LogP contribution in [0.2, 0.25) is 0 Å². The van der Waals surface area contributed by atoms with E-state index in [2.05, 4.69) is 81.5 Å². The number of carbonyl (C=O) groups excluding carboxylic acids is 3. The van der Waals surface area contributed by atoms with Crippen LogP contribution in [0.4, 0.5) is 0 Å². The smallest absolute Gasteiger partial charge is 0.306 e. The third-order valence-corrected chi connectivity index (χ3v) is 15.3. The van der Waals surface area contributed by atoms with Gasteiger partial charge in [-0.2, -0.15) is 0 Å². The molecular formula is C72H130O6. The molecule has 78 heavy (non-hydrogen) atoms. The Morgan fingerprint density at radius 3 is 0.782 bits per heavy atom. The van der Waals surface area contributed by atoms with E-state index in [-0.39, 0.29) is 31.1 Å². The highest BCUT2D eigenvalue weighted by molar-refractivity contribution is 5.71. The molecule has 1 unspecified atom stereocenters. The van der Waals surface area contributed by atoms with E-state index in [1.54, 1.807) is 0 Å². The summed E-state index contributed by atoms with van der Waals surface area (Å²) >= 11 is 0. The summed E-state index contributed by atoms with van der Waals surface area (Å²) in [5, 5.41) is 0. The van der Waals surface area contributed by atoms with Crippen molar-refractivity contribution in [2.24, 2.45) is 0 Å². The first-order chi connectivity index (χ1) is 38.5. The summed E-state index contributed by atoms with van der Waals surface area (Å²) < 4.78 is 16.8. The molecule has 0 aromatic heterocycles. The van der Waals surface area contributed by atoms with Crippen molar-refractivity contribution in [3.8, 4) is 0 Å². The number of unbranched alkanes of at least 4 members (excludes halogenated alkanes) is 42.